The van der Waals surface area contributed by atoms with Gasteiger partial charge in [0, 0.05) is 24.5 Å². The van der Waals surface area contributed by atoms with Crippen molar-refractivity contribution in [2.24, 2.45) is 0 Å². The molecule has 2 rings (SSSR count). The zero-order valence-corrected chi connectivity index (χ0v) is 13.8. The van der Waals surface area contributed by atoms with Crippen LogP contribution in [0.5, 0.6) is 5.75 Å². The average molecular weight is 346 g/mol. The number of nitrogens with one attached hydrogen (secondary N) is 1. The van der Waals surface area contributed by atoms with E-state index in [9.17, 15) is 0 Å². The highest BCUT2D eigenvalue weighted by molar-refractivity contribution is 9.10. The van der Waals surface area contributed by atoms with E-state index in [-0.39, 0.29) is 6.04 Å². The van der Waals surface area contributed by atoms with Gasteiger partial charge in [0.2, 0.25) is 0 Å². The minimum atomic E-state index is 0.247. The first-order chi connectivity index (χ1) is 8.65. The van der Waals surface area contributed by atoms with Gasteiger partial charge in [-0.05, 0) is 41.5 Å². The Labute approximate surface area is 124 Å². The summed E-state index contributed by atoms with van der Waals surface area (Å²) in [6, 6.07) is 4.53. The molecule has 2 aromatic heterocycles. The number of aryl methyl sites for hydroxylation is 1. The van der Waals surface area contributed by atoms with Crippen molar-refractivity contribution < 1.29 is 4.74 Å². The van der Waals surface area contributed by atoms with Gasteiger partial charge in [0.25, 0.3) is 0 Å². The van der Waals surface area contributed by atoms with Crippen LogP contribution in [0.15, 0.2) is 22.0 Å². The van der Waals surface area contributed by atoms with Crippen LogP contribution < -0.4 is 10.1 Å². The summed E-state index contributed by atoms with van der Waals surface area (Å²) >= 11 is 7.22. The molecule has 0 amide bonds. The molecule has 2 nitrogen and oxygen atoms in total. The maximum absolute atomic E-state index is 5.27. The van der Waals surface area contributed by atoms with E-state index in [1.165, 1.54) is 19.1 Å². The predicted molar refractivity (Wildman–Crippen MR) is 83.1 cm³/mol. The third-order valence-electron chi connectivity index (χ3n) is 2.62. The Kier molecular flexibility index (Phi) is 4.84. The number of hydrogen-bond donors (Lipinski definition) is 1. The van der Waals surface area contributed by atoms with Gasteiger partial charge in [0.1, 0.15) is 5.75 Å². The van der Waals surface area contributed by atoms with E-state index in [1.54, 1.807) is 18.4 Å². The number of ether oxygens (including phenoxy) is 1. The van der Waals surface area contributed by atoms with Crippen LogP contribution >= 0.6 is 38.6 Å². The van der Waals surface area contributed by atoms with E-state index in [1.807, 2.05) is 16.7 Å². The van der Waals surface area contributed by atoms with E-state index >= 15 is 0 Å². The van der Waals surface area contributed by atoms with Gasteiger partial charge >= 0.3 is 0 Å². The van der Waals surface area contributed by atoms with Gasteiger partial charge in [-0.25, -0.2) is 0 Å². The third-order valence-corrected chi connectivity index (χ3v) is 5.63. The van der Waals surface area contributed by atoms with Crippen LogP contribution in [0.25, 0.3) is 0 Å². The lowest BCUT2D eigenvalue weighted by Crippen LogP contribution is -2.20. The minimum absolute atomic E-state index is 0.247. The second-order valence-electron chi connectivity index (χ2n) is 3.95. The highest BCUT2D eigenvalue weighted by Crippen LogP contribution is 2.38. The molecule has 0 fully saturated rings. The number of rotatable bonds is 5. The van der Waals surface area contributed by atoms with Crippen molar-refractivity contribution in [1.29, 1.82) is 0 Å². The average Bonchev–Trinajstić information content (AvgIpc) is 2.93. The van der Waals surface area contributed by atoms with Crippen molar-refractivity contribution in [2.45, 2.75) is 19.9 Å². The predicted octanol–water partition coefficient (Wildman–Crippen LogP) is 4.59. The van der Waals surface area contributed by atoms with Crippen LogP contribution in [0.3, 0.4) is 0 Å². The second-order valence-corrected chi connectivity index (χ2v) is 7.03. The van der Waals surface area contributed by atoms with E-state index < -0.39 is 0 Å². The molecule has 0 spiro atoms. The molecule has 0 aromatic carbocycles. The standard InChI is InChI=1S/C13H16BrNOS2/c1-4-15-12(11-6-9(16-3)7-17-11)13-10(14)5-8(2)18-13/h5-7,12,15H,4H2,1-3H3. The Morgan fingerprint density at radius 1 is 1.44 bits per heavy atom. The van der Waals surface area contributed by atoms with Gasteiger partial charge in [-0.2, -0.15) is 0 Å². The molecule has 5 heteroatoms. The van der Waals surface area contributed by atoms with Crippen LogP contribution in [0, 0.1) is 6.92 Å². The Bertz CT molecular complexity index is 521. The molecule has 2 aromatic rings. The van der Waals surface area contributed by atoms with Crippen molar-refractivity contribution in [3.05, 3.63) is 36.6 Å². The van der Waals surface area contributed by atoms with Crippen molar-refractivity contribution in [2.75, 3.05) is 13.7 Å². The first-order valence-corrected chi connectivity index (χ1v) is 8.26. The Morgan fingerprint density at radius 2 is 2.22 bits per heavy atom. The molecule has 18 heavy (non-hydrogen) atoms. The van der Waals surface area contributed by atoms with Crippen LogP contribution in [0.4, 0.5) is 0 Å². The van der Waals surface area contributed by atoms with Crippen molar-refractivity contribution in [1.82, 2.24) is 5.32 Å². The maximum Gasteiger partial charge on any atom is 0.129 e. The summed E-state index contributed by atoms with van der Waals surface area (Å²) in [6.07, 6.45) is 0. The molecule has 1 atom stereocenters. The zero-order valence-electron chi connectivity index (χ0n) is 10.6. The molecule has 1 N–H and O–H groups in total. The molecule has 0 bridgehead atoms. The van der Waals surface area contributed by atoms with E-state index in [0.717, 1.165) is 12.3 Å². The van der Waals surface area contributed by atoms with Crippen molar-refractivity contribution in [3.8, 4) is 5.75 Å². The normalized spacial score (nSPS) is 12.7. The van der Waals surface area contributed by atoms with Crippen molar-refractivity contribution >= 4 is 38.6 Å². The number of hydrogen-bond acceptors (Lipinski definition) is 4. The van der Waals surface area contributed by atoms with E-state index in [4.69, 9.17) is 4.74 Å². The fourth-order valence-corrected chi connectivity index (χ4v) is 4.80. The first-order valence-electron chi connectivity index (χ1n) is 5.77. The minimum Gasteiger partial charge on any atom is -0.496 e. The van der Waals surface area contributed by atoms with Gasteiger partial charge in [-0.1, -0.05) is 6.92 Å². The molecule has 0 saturated carbocycles. The quantitative estimate of drug-likeness (QED) is 0.855. The summed E-state index contributed by atoms with van der Waals surface area (Å²) in [5, 5.41) is 5.59. The molecule has 0 aliphatic carbocycles. The van der Waals surface area contributed by atoms with Gasteiger partial charge < -0.3 is 10.1 Å². The lowest BCUT2D eigenvalue weighted by atomic mass is 10.2. The summed E-state index contributed by atoms with van der Waals surface area (Å²) in [5.41, 5.74) is 0. The molecule has 0 aliphatic heterocycles. The van der Waals surface area contributed by atoms with Gasteiger partial charge in [0.05, 0.1) is 13.2 Å². The highest BCUT2D eigenvalue weighted by atomic mass is 79.9. The van der Waals surface area contributed by atoms with Crippen LogP contribution in [0.2, 0.25) is 0 Å². The van der Waals surface area contributed by atoms with Crippen LogP contribution in [0.1, 0.15) is 27.6 Å². The maximum atomic E-state index is 5.27. The van der Waals surface area contributed by atoms with E-state index in [0.29, 0.717) is 0 Å². The van der Waals surface area contributed by atoms with Crippen molar-refractivity contribution in [3.63, 3.8) is 0 Å². The molecular formula is C13H16BrNOS2. The first kappa shape index (κ1) is 14.1. The number of methoxy groups -OCH3 is 1. The molecular weight excluding hydrogens is 330 g/mol. The molecule has 0 aliphatic rings. The Hall–Kier alpha value is -0.360. The van der Waals surface area contributed by atoms with Gasteiger partial charge in [-0.15, -0.1) is 22.7 Å². The smallest absolute Gasteiger partial charge is 0.129 e. The SMILES string of the molecule is CCNC(c1cc(OC)cs1)c1sc(C)cc1Br. The zero-order chi connectivity index (χ0) is 13.1. The lowest BCUT2D eigenvalue weighted by molar-refractivity contribution is 0.416. The van der Waals surface area contributed by atoms with Gasteiger partial charge in [0.15, 0.2) is 0 Å². The fourth-order valence-electron chi connectivity index (χ4n) is 1.82. The summed E-state index contributed by atoms with van der Waals surface area (Å²) in [6.45, 7) is 5.21. The molecule has 98 valence electrons. The van der Waals surface area contributed by atoms with Crippen LogP contribution in [-0.2, 0) is 0 Å². The van der Waals surface area contributed by atoms with Gasteiger partial charge in [-0.3, -0.25) is 0 Å². The monoisotopic (exact) mass is 345 g/mol. The lowest BCUT2D eigenvalue weighted by Gasteiger charge is -2.15. The summed E-state index contributed by atoms with van der Waals surface area (Å²) in [7, 11) is 1.71. The molecule has 2 heterocycles. The fraction of sp³-hybridized carbons (Fsp3) is 0.385. The summed E-state index contributed by atoms with van der Waals surface area (Å²) in [5.74, 6) is 0.933. The Balaban J connectivity index is 2.36. The van der Waals surface area contributed by atoms with Crippen LogP contribution in [-0.4, -0.2) is 13.7 Å². The largest absolute Gasteiger partial charge is 0.496 e. The Morgan fingerprint density at radius 3 is 2.72 bits per heavy atom. The third kappa shape index (κ3) is 2.96. The number of thiophene rings is 2. The summed E-state index contributed by atoms with van der Waals surface area (Å²) < 4.78 is 6.45. The topological polar surface area (TPSA) is 21.3 Å². The van der Waals surface area contributed by atoms with E-state index in [2.05, 4.69) is 47.2 Å². The second kappa shape index (κ2) is 6.19. The molecule has 0 radical (unpaired) electrons. The molecule has 1 unspecified atom stereocenters. The highest BCUT2D eigenvalue weighted by Gasteiger charge is 2.20. The number of halogens is 1. The summed E-state index contributed by atoms with van der Waals surface area (Å²) in [4.78, 5) is 3.94. The molecule has 0 saturated heterocycles.